The van der Waals surface area contributed by atoms with E-state index in [-0.39, 0.29) is 19.0 Å². The molecule has 0 spiro atoms. The molecule has 36 heavy (non-hydrogen) atoms. The molecule has 9 heteroatoms. The predicted octanol–water partition coefficient (Wildman–Crippen LogP) is 5.92. The number of aliphatic hydroxyl groups is 2. The number of azo groups is 2. The van der Waals surface area contributed by atoms with E-state index in [1.807, 2.05) is 36.1 Å². The average molecular weight is 490 g/mol. The molecule has 0 aliphatic carbocycles. The number of anilines is 1. The molecule has 0 aromatic heterocycles. The summed E-state index contributed by atoms with van der Waals surface area (Å²) >= 11 is 0. The van der Waals surface area contributed by atoms with Crippen molar-refractivity contribution in [1.82, 2.24) is 0 Å². The lowest BCUT2D eigenvalue weighted by Gasteiger charge is -2.22. The van der Waals surface area contributed by atoms with Crippen molar-refractivity contribution >= 4 is 34.2 Å². The molecule has 0 aliphatic rings. The van der Waals surface area contributed by atoms with Gasteiger partial charge in [0.05, 0.1) is 42.6 Å². The maximum absolute atomic E-state index is 12.1. The second-order valence-corrected chi connectivity index (χ2v) is 7.78. The van der Waals surface area contributed by atoms with Crippen molar-refractivity contribution in [2.75, 3.05) is 44.4 Å². The Morgan fingerprint density at radius 2 is 1.14 bits per heavy atom. The summed E-state index contributed by atoms with van der Waals surface area (Å²) in [7, 11) is 0. The number of rotatable bonds is 14. The smallest absolute Gasteiger partial charge is 0.165 e. The molecular weight excluding hydrogens is 458 g/mol. The monoisotopic (exact) mass is 489 g/mol. The van der Waals surface area contributed by atoms with Crippen LogP contribution >= 0.6 is 0 Å². The molecule has 0 radical (unpaired) electrons. The van der Waals surface area contributed by atoms with Crippen molar-refractivity contribution in [3.8, 4) is 0 Å². The van der Waals surface area contributed by atoms with E-state index in [4.69, 9.17) is 4.74 Å². The fraction of sp³-hybridized carbons (Fsp3) is 0.296. The molecule has 0 saturated carbocycles. The quantitative estimate of drug-likeness (QED) is 0.165. The van der Waals surface area contributed by atoms with E-state index in [0.29, 0.717) is 61.0 Å². The minimum Gasteiger partial charge on any atom is -0.395 e. The van der Waals surface area contributed by atoms with E-state index in [0.717, 1.165) is 5.69 Å². The largest absolute Gasteiger partial charge is 0.395 e. The van der Waals surface area contributed by atoms with Crippen LogP contribution in [0.1, 0.15) is 23.7 Å². The summed E-state index contributed by atoms with van der Waals surface area (Å²) in [4.78, 5) is 14.0. The first-order valence-corrected chi connectivity index (χ1v) is 11.8. The number of ether oxygens (including phenoxy) is 1. The van der Waals surface area contributed by atoms with Gasteiger partial charge >= 0.3 is 0 Å². The topological polar surface area (TPSA) is 119 Å². The molecule has 0 unspecified atom stereocenters. The number of Topliss-reactive ketones (excluding diaryl/α,β-unsaturated/α-hetero) is 1. The summed E-state index contributed by atoms with van der Waals surface area (Å²) in [6.07, 6.45) is 0.359. The number of carbonyl (C=O) groups is 1. The van der Waals surface area contributed by atoms with E-state index in [2.05, 4.69) is 20.5 Å². The fourth-order valence-electron chi connectivity index (χ4n) is 3.33. The highest BCUT2D eigenvalue weighted by atomic mass is 16.5. The van der Waals surface area contributed by atoms with Crippen molar-refractivity contribution in [3.63, 3.8) is 0 Å². The van der Waals surface area contributed by atoms with Gasteiger partial charge in [0.1, 0.15) is 0 Å². The molecule has 0 bridgehead atoms. The molecule has 0 aliphatic heterocycles. The van der Waals surface area contributed by atoms with Crippen molar-refractivity contribution in [2.24, 2.45) is 20.5 Å². The molecule has 188 valence electrons. The maximum Gasteiger partial charge on any atom is 0.165 e. The zero-order valence-electron chi connectivity index (χ0n) is 20.3. The van der Waals surface area contributed by atoms with Crippen LogP contribution in [-0.2, 0) is 4.74 Å². The Bertz CT molecular complexity index is 1120. The van der Waals surface area contributed by atoms with Crippen molar-refractivity contribution < 1.29 is 19.7 Å². The van der Waals surface area contributed by atoms with Gasteiger partial charge in [-0.25, -0.2) is 0 Å². The lowest BCUT2D eigenvalue weighted by molar-refractivity contribution is 0.0896. The molecule has 0 fully saturated rings. The molecule has 0 heterocycles. The fourth-order valence-corrected chi connectivity index (χ4v) is 3.33. The third-order valence-electron chi connectivity index (χ3n) is 5.23. The average Bonchev–Trinajstić information content (AvgIpc) is 2.92. The molecule has 3 rings (SSSR count). The Labute approximate surface area is 210 Å². The van der Waals surface area contributed by atoms with Crippen LogP contribution in [0.5, 0.6) is 0 Å². The molecule has 0 atom stereocenters. The first kappa shape index (κ1) is 26.8. The number of benzene rings is 3. The summed E-state index contributed by atoms with van der Waals surface area (Å²) < 4.78 is 5.23. The predicted molar refractivity (Wildman–Crippen MR) is 140 cm³/mol. The van der Waals surface area contributed by atoms with Crippen LogP contribution in [0.4, 0.5) is 28.4 Å². The van der Waals surface area contributed by atoms with Crippen LogP contribution < -0.4 is 4.90 Å². The van der Waals surface area contributed by atoms with Gasteiger partial charge in [-0.2, -0.15) is 20.5 Å². The summed E-state index contributed by atoms with van der Waals surface area (Å²) in [5.74, 6) is 0.0398. The van der Waals surface area contributed by atoms with Gasteiger partial charge in [0.15, 0.2) is 5.78 Å². The van der Waals surface area contributed by atoms with Crippen molar-refractivity contribution in [3.05, 3.63) is 78.4 Å². The number of hydrogen-bond acceptors (Lipinski definition) is 9. The van der Waals surface area contributed by atoms with Crippen molar-refractivity contribution in [1.29, 1.82) is 0 Å². The number of nitrogens with zero attached hydrogens (tertiary/aromatic N) is 5. The van der Waals surface area contributed by atoms with Crippen LogP contribution in [0, 0.1) is 0 Å². The van der Waals surface area contributed by atoms with Crippen LogP contribution in [-0.4, -0.2) is 55.5 Å². The summed E-state index contributed by atoms with van der Waals surface area (Å²) in [5, 5.41) is 35.3. The Hall–Kier alpha value is -3.79. The van der Waals surface area contributed by atoms with E-state index < -0.39 is 0 Å². The lowest BCUT2D eigenvalue weighted by Crippen LogP contribution is -2.29. The second kappa shape index (κ2) is 14.6. The maximum atomic E-state index is 12.1. The van der Waals surface area contributed by atoms with Gasteiger partial charge < -0.3 is 19.8 Å². The van der Waals surface area contributed by atoms with Gasteiger partial charge in [-0.15, -0.1) is 0 Å². The molecule has 9 nitrogen and oxygen atoms in total. The minimum atomic E-state index is 0.0136. The molecule has 0 saturated heterocycles. The van der Waals surface area contributed by atoms with Gasteiger partial charge in [0.2, 0.25) is 0 Å². The standard InChI is InChI=1S/C27H31N5O4/c1-2-36-20-15-27(35)21-3-5-22(6-4-21)28-29-23-7-9-24(10-8-23)30-31-25-11-13-26(14-12-25)32(16-18-33)17-19-34/h3-14,33-34H,2,15-20H2,1H3. The zero-order valence-corrected chi connectivity index (χ0v) is 20.3. The first-order chi connectivity index (χ1) is 17.6. The van der Waals surface area contributed by atoms with Gasteiger partial charge in [-0.05, 0) is 79.7 Å². The molecule has 3 aromatic carbocycles. The Kier molecular flexibility index (Phi) is 10.9. The van der Waals surface area contributed by atoms with E-state index in [1.54, 1.807) is 48.5 Å². The lowest BCUT2D eigenvalue weighted by atomic mass is 10.1. The van der Waals surface area contributed by atoms with Gasteiger partial charge in [0, 0.05) is 37.4 Å². The van der Waals surface area contributed by atoms with Crippen molar-refractivity contribution in [2.45, 2.75) is 13.3 Å². The SMILES string of the molecule is CCOCCC(=O)c1ccc(N=Nc2ccc(N=Nc3ccc(N(CCO)CCO)cc3)cc2)cc1. The minimum absolute atomic E-state index is 0.0136. The van der Waals surface area contributed by atoms with Crippen LogP contribution in [0.15, 0.2) is 93.3 Å². The highest BCUT2D eigenvalue weighted by Gasteiger charge is 2.06. The number of carbonyl (C=O) groups excluding carboxylic acids is 1. The normalized spacial score (nSPS) is 11.4. The molecular formula is C27H31N5O4. The van der Waals surface area contributed by atoms with E-state index in [1.165, 1.54) is 0 Å². The Morgan fingerprint density at radius 1 is 0.722 bits per heavy atom. The molecule has 2 N–H and O–H groups in total. The van der Waals surface area contributed by atoms with Crippen LogP contribution in [0.25, 0.3) is 0 Å². The zero-order chi connectivity index (χ0) is 25.6. The van der Waals surface area contributed by atoms with Gasteiger partial charge in [-0.1, -0.05) is 0 Å². The number of ketones is 1. The summed E-state index contributed by atoms with van der Waals surface area (Å²) in [6, 6.07) is 21.7. The molecule has 0 amide bonds. The van der Waals surface area contributed by atoms with E-state index >= 15 is 0 Å². The summed E-state index contributed by atoms with van der Waals surface area (Å²) in [6.45, 7) is 3.85. The van der Waals surface area contributed by atoms with Crippen LogP contribution in [0.3, 0.4) is 0 Å². The molecule has 3 aromatic rings. The van der Waals surface area contributed by atoms with Gasteiger partial charge in [-0.3, -0.25) is 4.79 Å². The Balaban J connectivity index is 1.55. The summed E-state index contributed by atoms with van der Waals surface area (Å²) in [5.41, 5.74) is 4.22. The number of hydrogen-bond donors (Lipinski definition) is 2. The van der Waals surface area contributed by atoms with Gasteiger partial charge in [0.25, 0.3) is 0 Å². The third kappa shape index (κ3) is 8.46. The highest BCUT2D eigenvalue weighted by molar-refractivity contribution is 5.96. The van der Waals surface area contributed by atoms with Crippen LogP contribution in [0.2, 0.25) is 0 Å². The van der Waals surface area contributed by atoms with E-state index in [9.17, 15) is 15.0 Å². The Morgan fingerprint density at radius 3 is 1.56 bits per heavy atom. The number of aliphatic hydroxyl groups excluding tert-OH is 2. The highest BCUT2D eigenvalue weighted by Crippen LogP contribution is 2.25. The first-order valence-electron chi connectivity index (χ1n) is 11.8. The second-order valence-electron chi connectivity index (χ2n) is 7.78. The third-order valence-corrected chi connectivity index (χ3v) is 5.23.